The third kappa shape index (κ3) is 1.88. The van der Waals surface area contributed by atoms with Crippen molar-refractivity contribution in [2.75, 3.05) is 0 Å². The van der Waals surface area contributed by atoms with Crippen molar-refractivity contribution in [1.82, 2.24) is 0 Å². The van der Waals surface area contributed by atoms with Gasteiger partial charge in [0.2, 0.25) is 0 Å². The smallest absolute Gasteiger partial charge is 0.156 e. The maximum atomic E-state index is 11.9. The molecule has 126 valence electrons. The number of hydrogen-bond acceptors (Lipinski definition) is 3. The molecule has 0 radical (unpaired) electrons. The Labute approximate surface area is 139 Å². The summed E-state index contributed by atoms with van der Waals surface area (Å²) < 4.78 is 0. The number of carbonyl (C=O) groups is 1. The predicted octanol–water partition coefficient (Wildman–Crippen LogP) is 3.85. The van der Waals surface area contributed by atoms with E-state index < -0.39 is 5.60 Å². The van der Waals surface area contributed by atoms with Gasteiger partial charge >= 0.3 is 0 Å². The van der Waals surface area contributed by atoms with Crippen LogP contribution in [0.1, 0.15) is 71.6 Å². The van der Waals surface area contributed by atoms with Crippen molar-refractivity contribution in [3.63, 3.8) is 0 Å². The zero-order chi connectivity index (χ0) is 16.5. The number of Topliss-reactive ketones (excluding diaryl/α,β-unsaturated/α-hetero) is 1. The molecule has 4 aliphatic carbocycles. The van der Waals surface area contributed by atoms with E-state index in [1.54, 1.807) is 0 Å². The summed E-state index contributed by atoms with van der Waals surface area (Å²) in [5.41, 5.74) is -1.04. The van der Waals surface area contributed by atoms with Crippen LogP contribution in [0.2, 0.25) is 0 Å². The standard InChI is InChI=1S/C20H29NO2/c1-18-8-5-14(22)11-13(18)3-4-15-16(18)6-9-19(2)17(15)7-10-20(19,23)12-21/h13,15-17,23H,3-11H2,1-2H3/t13?,15-,16-,17+,18+,19+,20?/m1/s1. The number of aliphatic hydroxyl groups is 1. The van der Waals surface area contributed by atoms with E-state index in [1.165, 1.54) is 12.8 Å². The van der Waals surface area contributed by atoms with Gasteiger partial charge in [-0.05, 0) is 74.0 Å². The second-order valence-corrected chi connectivity index (χ2v) is 9.37. The molecule has 4 saturated carbocycles. The number of fused-ring (bicyclic) bond motifs is 5. The molecule has 0 amide bonds. The third-order valence-electron chi connectivity index (χ3n) is 8.82. The summed E-state index contributed by atoms with van der Waals surface area (Å²) in [6.45, 7) is 4.61. The van der Waals surface area contributed by atoms with Crippen LogP contribution in [0.15, 0.2) is 0 Å². The average Bonchev–Trinajstić information content (AvgIpc) is 2.80. The van der Waals surface area contributed by atoms with E-state index in [2.05, 4.69) is 19.9 Å². The van der Waals surface area contributed by atoms with Crippen LogP contribution in [0.3, 0.4) is 0 Å². The van der Waals surface area contributed by atoms with Gasteiger partial charge < -0.3 is 5.11 Å². The second-order valence-electron chi connectivity index (χ2n) is 9.37. The molecular weight excluding hydrogens is 286 g/mol. The zero-order valence-corrected chi connectivity index (χ0v) is 14.5. The minimum atomic E-state index is -1.12. The average molecular weight is 315 g/mol. The van der Waals surface area contributed by atoms with Crippen molar-refractivity contribution in [2.24, 2.45) is 34.5 Å². The van der Waals surface area contributed by atoms with Gasteiger partial charge in [-0.3, -0.25) is 4.79 Å². The van der Waals surface area contributed by atoms with Crippen LogP contribution in [-0.4, -0.2) is 16.5 Å². The predicted molar refractivity (Wildman–Crippen MR) is 87.3 cm³/mol. The summed E-state index contributed by atoms with van der Waals surface area (Å²) in [4.78, 5) is 11.9. The van der Waals surface area contributed by atoms with Crippen molar-refractivity contribution in [3.05, 3.63) is 0 Å². The Hall–Kier alpha value is -0.880. The van der Waals surface area contributed by atoms with Gasteiger partial charge in [-0.2, -0.15) is 5.26 Å². The number of carbonyl (C=O) groups excluding carboxylic acids is 1. The molecule has 1 N–H and O–H groups in total. The van der Waals surface area contributed by atoms with Crippen molar-refractivity contribution in [2.45, 2.75) is 77.2 Å². The molecule has 3 nitrogen and oxygen atoms in total. The Morgan fingerprint density at radius 3 is 2.57 bits per heavy atom. The van der Waals surface area contributed by atoms with E-state index in [9.17, 15) is 15.2 Å². The minimum absolute atomic E-state index is 0.226. The monoisotopic (exact) mass is 315 g/mol. The molecule has 0 aromatic carbocycles. The molecule has 0 saturated heterocycles. The summed E-state index contributed by atoms with van der Waals surface area (Å²) >= 11 is 0. The highest BCUT2D eigenvalue weighted by Gasteiger charge is 2.64. The van der Waals surface area contributed by atoms with E-state index in [-0.39, 0.29) is 5.41 Å². The van der Waals surface area contributed by atoms with Gasteiger partial charge in [0.15, 0.2) is 5.60 Å². The molecule has 0 spiro atoms. The van der Waals surface area contributed by atoms with E-state index in [0.717, 1.165) is 38.5 Å². The lowest BCUT2D eigenvalue weighted by molar-refractivity contribution is -0.147. The first-order valence-electron chi connectivity index (χ1n) is 9.49. The van der Waals surface area contributed by atoms with Crippen molar-refractivity contribution in [1.29, 1.82) is 5.26 Å². The summed E-state index contributed by atoms with van der Waals surface area (Å²) in [7, 11) is 0. The van der Waals surface area contributed by atoms with E-state index in [4.69, 9.17) is 0 Å². The lowest BCUT2D eigenvalue weighted by Gasteiger charge is -2.60. The Kier molecular flexibility index (Phi) is 3.28. The molecule has 3 heteroatoms. The van der Waals surface area contributed by atoms with Crippen LogP contribution in [0.25, 0.3) is 0 Å². The highest BCUT2D eigenvalue weighted by Crippen LogP contribution is 2.67. The summed E-state index contributed by atoms with van der Waals surface area (Å²) in [5, 5.41) is 20.4. The fraction of sp³-hybridized carbons (Fsp3) is 0.900. The van der Waals surface area contributed by atoms with Crippen LogP contribution in [0.4, 0.5) is 0 Å². The van der Waals surface area contributed by atoms with Gasteiger partial charge in [-0.1, -0.05) is 13.8 Å². The van der Waals surface area contributed by atoms with Crippen LogP contribution < -0.4 is 0 Å². The van der Waals surface area contributed by atoms with Gasteiger partial charge in [0.05, 0.1) is 6.07 Å². The molecule has 0 heterocycles. The Bertz CT molecular complexity index is 581. The van der Waals surface area contributed by atoms with Crippen LogP contribution in [0, 0.1) is 45.8 Å². The Balaban J connectivity index is 1.66. The molecule has 4 fully saturated rings. The fourth-order valence-corrected chi connectivity index (χ4v) is 7.25. The van der Waals surface area contributed by atoms with Crippen molar-refractivity contribution < 1.29 is 9.90 Å². The molecule has 23 heavy (non-hydrogen) atoms. The first-order chi connectivity index (χ1) is 10.8. The molecule has 0 aromatic heterocycles. The van der Waals surface area contributed by atoms with Crippen molar-refractivity contribution >= 4 is 5.78 Å². The minimum Gasteiger partial charge on any atom is -0.375 e. The normalized spacial score (nSPS) is 55.5. The van der Waals surface area contributed by atoms with E-state index >= 15 is 0 Å². The molecule has 4 rings (SSSR count). The van der Waals surface area contributed by atoms with Crippen LogP contribution in [-0.2, 0) is 4.79 Å². The zero-order valence-electron chi connectivity index (χ0n) is 14.5. The summed E-state index contributed by atoms with van der Waals surface area (Å²) in [6.07, 6.45) is 8.73. The van der Waals surface area contributed by atoms with E-state index in [1.807, 2.05) is 0 Å². The number of rotatable bonds is 0. The Morgan fingerprint density at radius 1 is 1.09 bits per heavy atom. The molecule has 4 aliphatic rings. The van der Waals surface area contributed by atoms with E-state index in [0.29, 0.717) is 41.3 Å². The fourth-order valence-electron chi connectivity index (χ4n) is 7.25. The second kappa shape index (κ2) is 4.82. The first kappa shape index (κ1) is 15.6. The summed E-state index contributed by atoms with van der Waals surface area (Å²) in [5.74, 6) is 2.86. The molecule has 7 atom stereocenters. The molecule has 0 bridgehead atoms. The highest BCUT2D eigenvalue weighted by atomic mass is 16.3. The largest absolute Gasteiger partial charge is 0.375 e. The van der Waals surface area contributed by atoms with Gasteiger partial charge in [0, 0.05) is 18.3 Å². The lowest BCUT2D eigenvalue weighted by Crippen LogP contribution is -2.56. The van der Waals surface area contributed by atoms with Gasteiger partial charge in [-0.25, -0.2) is 0 Å². The van der Waals surface area contributed by atoms with Crippen LogP contribution >= 0.6 is 0 Å². The third-order valence-corrected chi connectivity index (χ3v) is 8.82. The van der Waals surface area contributed by atoms with Crippen molar-refractivity contribution in [3.8, 4) is 6.07 Å². The number of hydrogen-bond donors (Lipinski definition) is 1. The quantitative estimate of drug-likeness (QED) is 0.691. The topological polar surface area (TPSA) is 61.1 Å². The number of nitrogens with zero attached hydrogens (tertiary/aromatic N) is 1. The molecule has 2 unspecified atom stereocenters. The van der Waals surface area contributed by atoms with Gasteiger partial charge in [0.1, 0.15) is 5.78 Å². The van der Waals surface area contributed by atoms with Crippen LogP contribution in [0.5, 0.6) is 0 Å². The number of nitriles is 1. The maximum Gasteiger partial charge on any atom is 0.156 e. The van der Waals surface area contributed by atoms with Gasteiger partial charge in [-0.15, -0.1) is 0 Å². The van der Waals surface area contributed by atoms with Gasteiger partial charge in [0.25, 0.3) is 0 Å². The lowest BCUT2D eigenvalue weighted by atomic mass is 9.44. The SMILES string of the molecule is C[C@]12CCC(=O)CC1CC[C@@H]1[C@H]2CC[C@@]2(C)[C@H]1CCC2(O)C#N. The highest BCUT2D eigenvalue weighted by molar-refractivity contribution is 5.79. The molecule has 0 aromatic rings. The molecule has 0 aliphatic heterocycles. The first-order valence-corrected chi connectivity index (χ1v) is 9.49. The molecular formula is C20H29NO2. The Morgan fingerprint density at radius 2 is 1.83 bits per heavy atom. The number of ketones is 1. The maximum absolute atomic E-state index is 11.9. The summed E-state index contributed by atoms with van der Waals surface area (Å²) in [6, 6.07) is 2.26.